The predicted molar refractivity (Wildman–Crippen MR) is 70.7 cm³/mol. The van der Waals surface area contributed by atoms with Gasteiger partial charge in [-0.05, 0) is 36.7 Å². The van der Waals surface area contributed by atoms with Gasteiger partial charge in [-0.2, -0.15) is 0 Å². The lowest BCUT2D eigenvalue weighted by Crippen LogP contribution is -2.39. The minimum absolute atomic E-state index is 0.357. The Morgan fingerprint density at radius 2 is 2.00 bits per heavy atom. The Labute approximate surface area is 104 Å². The van der Waals surface area contributed by atoms with E-state index in [2.05, 4.69) is 42.6 Å². The molecule has 0 bridgehead atoms. The molecule has 3 atom stereocenters. The van der Waals surface area contributed by atoms with Crippen LogP contribution in [0.3, 0.4) is 0 Å². The summed E-state index contributed by atoms with van der Waals surface area (Å²) >= 11 is 0. The monoisotopic (exact) mass is 233 g/mol. The summed E-state index contributed by atoms with van der Waals surface area (Å²) in [5.41, 5.74) is 1.35. The van der Waals surface area contributed by atoms with Crippen molar-refractivity contribution in [1.82, 2.24) is 5.32 Å². The number of aliphatic hydroxyl groups is 1. The van der Waals surface area contributed by atoms with Gasteiger partial charge in [-0.1, -0.05) is 37.3 Å². The number of hydrogen-bond acceptors (Lipinski definition) is 2. The summed E-state index contributed by atoms with van der Waals surface area (Å²) in [5.74, 6) is 1.20. The van der Waals surface area contributed by atoms with Crippen LogP contribution >= 0.6 is 0 Å². The average Bonchev–Trinajstić information content (AvgIpc) is 2.38. The molecule has 2 heteroatoms. The van der Waals surface area contributed by atoms with Crippen molar-refractivity contribution in [3.05, 3.63) is 35.9 Å². The van der Waals surface area contributed by atoms with Gasteiger partial charge in [0.2, 0.25) is 0 Å². The molecule has 0 aromatic heterocycles. The molecule has 1 aromatic rings. The molecule has 17 heavy (non-hydrogen) atoms. The number of benzene rings is 1. The van der Waals surface area contributed by atoms with Crippen molar-refractivity contribution in [2.24, 2.45) is 11.8 Å². The molecule has 1 aromatic carbocycles. The molecule has 2 nitrogen and oxygen atoms in total. The molecule has 0 spiro atoms. The fourth-order valence-electron chi connectivity index (χ4n) is 2.82. The second-order valence-corrected chi connectivity index (χ2v) is 5.31. The van der Waals surface area contributed by atoms with E-state index in [1.54, 1.807) is 0 Å². The molecule has 1 saturated carbocycles. The minimum Gasteiger partial charge on any atom is -0.396 e. The van der Waals surface area contributed by atoms with E-state index in [0.717, 1.165) is 19.4 Å². The first-order chi connectivity index (χ1) is 8.29. The SMILES string of the molecule is CC1CC(CO)CCC1NCc1ccccc1. The molecule has 0 amide bonds. The summed E-state index contributed by atoms with van der Waals surface area (Å²) in [6, 6.07) is 11.2. The van der Waals surface area contributed by atoms with Gasteiger partial charge in [0.15, 0.2) is 0 Å². The second-order valence-electron chi connectivity index (χ2n) is 5.31. The van der Waals surface area contributed by atoms with Crippen molar-refractivity contribution >= 4 is 0 Å². The quantitative estimate of drug-likeness (QED) is 0.837. The van der Waals surface area contributed by atoms with Gasteiger partial charge in [-0.25, -0.2) is 0 Å². The Kier molecular flexibility index (Phi) is 4.57. The van der Waals surface area contributed by atoms with Crippen LogP contribution in [-0.2, 0) is 6.54 Å². The third kappa shape index (κ3) is 3.55. The number of aliphatic hydroxyl groups excluding tert-OH is 1. The molecule has 1 fully saturated rings. The third-order valence-electron chi connectivity index (χ3n) is 3.95. The molecule has 0 saturated heterocycles. The van der Waals surface area contributed by atoms with E-state index >= 15 is 0 Å². The van der Waals surface area contributed by atoms with Gasteiger partial charge >= 0.3 is 0 Å². The van der Waals surface area contributed by atoms with Crippen LogP contribution in [0.5, 0.6) is 0 Å². The van der Waals surface area contributed by atoms with Crippen LogP contribution in [0.15, 0.2) is 30.3 Å². The van der Waals surface area contributed by atoms with Crippen molar-refractivity contribution in [2.45, 2.75) is 38.8 Å². The smallest absolute Gasteiger partial charge is 0.0459 e. The Hall–Kier alpha value is -0.860. The van der Waals surface area contributed by atoms with E-state index in [1.807, 2.05) is 0 Å². The highest BCUT2D eigenvalue weighted by Gasteiger charge is 2.26. The molecule has 0 heterocycles. The van der Waals surface area contributed by atoms with Crippen LogP contribution < -0.4 is 5.32 Å². The standard InChI is InChI=1S/C15H23NO/c1-12-9-14(11-17)7-8-15(12)16-10-13-5-3-2-4-6-13/h2-6,12,14-17H,7-11H2,1H3. The normalized spacial score (nSPS) is 29.2. The Morgan fingerprint density at radius 3 is 2.65 bits per heavy atom. The van der Waals surface area contributed by atoms with Crippen molar-refractivity contribution in [3.8, 4) is 0 Å². The maximum absolute atomic E-state index is 9.18. The molecule has 1 aliphatic carbocycles. The molecule has 2 N–H and O–H groups in total. The first-order valence-corrected chi connectivity index (χ1v) is 6.67. The van der Waals surface area contributed by atoms with Gasteiger partial charge in [0.25, 0.3) is 0 Å². The Bertz CT molecular complexity index is 325. The van der Waals surface area contributed by atoms with Crippen LogP contribution in [0.4, 0.5) is 0 Å². The summed E-state index contributed by atoms with van der Waals surface area (Å²) in [4.78, 5) is 0. The molecule has 1 aliphatic rings. The molecular weight excluding hydrogens is 210 g/mol. The Morgan fingerprint density at radius 1 is 1.24 bits per heavy atom. The second kappa shape index (κ2) is 6.18. The van der Waals surface area contributed by atoms with Gasteiger partial charge in [-0.3, -0.25) is 0 Å². The number of nitrogens with one attached hydrogen (secondary N) is 1. The lowest BCUT2D eigenvalue weighted by molar-refractivity contribution is 0.142. The number of hydrogen-bond donors (Lipinski definition) is 2. The molecule has 94 valence electrons. The largest absolute Gasteiger partial charge is 0.396 e. The third-order valence-corrected chi connectivity index (χ3v) is 3.95. The van der Waals surface area contributed by atoms with Crippen LogP contribution in [0.1, 0.15) is 31.7 Å². The van der Waals surface area contributed by atoms with E-state index < -0.39 is 0 Å². The van der Waals surface area contributed by atoms with E-state index in [1.165, 1.54) is 12.0 Å². The molecular formula is C15H23NO. The van der Waals surface area contributed by atoms with Crippen molar-refractivity contribution in [3.63, 3.8) is 0 Å². The summed E-state index contributed by atoms with van der Waals surface area (Å²) in [6.07, 6.45) is 3.51. The molecule has 0 aliphatic heterocycles. The highest BCUT2D eigenvalue weighted by molar-refractivity contribution is 5.14. The fourth-order valence-corrected chi connectivity index (χ4v) is 2.82. The van der Waals surface area contributed by atoms with Gasteiger partial charge in [0.05, 0.1) is 0 Å². The maximum atomic E-state index is 9.18. The van der Waals surface area contributed by atoms with Crippen molar-refractivity contribution in [2.75, 3.05) is 6.61 Å². The topological polar surface area (TPSA) is 32.3 Å². The van der Waals surface area contributed by atoms with Crippen molar-refractivity contribution < 1.29 is 5.11 Å². The molecule has 2 rings (SSSR count). The summed E-state index contributed by atoms with van der Waals surface area (Å²) in [7, 11) is 0. The van der Waals surface area contributed by atoms with E-state index in [0.29, 0.717) is 24.5 Å². The zero-order valence-electron chi connectivity index (χ0n) is 10.6. The minimum atomic E-state index is 0.357. The van der Waals surface area contributed by atoms with E-state index in [4.69, 9.17) is 0 Å². The summed E-state index contributed by atoms with van der Waals surface area (Å²) < 4.78 is 0. The molecule has 0 radical (unpaired) electrons. The Balaban J connectivity index is 1.80. The predicted octanol–water partition coefficient (Wildman–Crippen LogP) is 2.57. The zero-order valence-corrected chi connectivity index (χ0v) is 10.6. The van der Waals surface area contributed by atoms with Crippen LogP contribution in [0.2, 0.25) is 0 Å². The van der Waals surface area contributed by atoms with Crippen LogP contribution in [0.25, 0.3) is 0 Å². The van der Waals surface area contributed by atoms with E-state index in [-0.39, 0.29) is 0 Å². The van der Waals surface area contributed by atoms with Crippen LogP contribution in [-0.4, -0.2) is 17.8 Å². The lowest BCUT2D eigenvalue weighted by atomic mass is 9.79. The highest BCUT2D eigenvalue weighted by Crippen LogP contribution is 2.28. The van der Waals surface area contributed by atoms with Gasteiger partial charge < -0.3 is 10.4 Å². The molecule has 3 unspecified atom stereocenters. The first-order valence-electron chi connectivity index (χ1n) is 6.67. The number of rotatable bonds is 4. The van der Waals surface area contributed by atoms with Gasteiger partial charge in [-0.15, -0.1) is 0 Å². The fraction of sp³-hybridized carbons (Fsp3) is 0.600. The highest BCUT2D eigenvalue weighted by atomic mass is 16.3. The average molecular weight is 233 g/mol. The summed E-state index contributed by atoms with van der Waals surface area (Å²) in [5, 5.41) is 12.8. The summed E-state index contributed by atoms with van der Waals surface area (Å²) in [6.45, 7) is 3.61. The van der Waals surface area contributed by atoms with E-state index in [9.17, 15) is 5.11 Å². The van der Waals surface area contributed by atoms with Crippen LogP contribution in [0, 0.1) is 11.8 Å². The van der Waals surface area contributed by atoms with Crippen molar-refractivity contribution in [1.29, 1.82) is 0 Å². The first kappa shape index (κ1) is 12.6. The van der Waals surface area contributed by atoms with Gasteiger partial charge in [0, 0.05) is 19.2 Å². The van der Waals surface area contributed by atoms with Gasteiger partial charge in [0.1, 0.15) is 0 Å². The zero-order chi connectivity index (χ0) is 12.1. The maximum Gasteiger partial charge on any atom is 0.0459 e. The lowest BCUT2D eigenvalue weighted by Gasteiger charge is -2.34.